The van der Waals surface area contributed by atoms with Crippen LogP contribution in [0.1, 0.15) is 43.0 Å². The van der Waals surface area contributed by atoms with Crippen LogP contribution in [-0.4, -0.2) is 29.1 Å². The third kappa shape index (κ3) is 7.04. The van der Waals surface area contributed by atoms with Crippen LogP contribution in [0, 0.1) is 19.8 Å². The predicted molar refractivity (Wildman–Crippen MR) is 154 cm³/mol. The molecule has 0 radical (unpaired) electrons. The first-order chi connectivity index (χ1) is 17.8. The van der Waals surface area contributed by atoms with Gasteiger partial charge < -0.3 is 9.47 Å². The van der Waals surface area contributed by atoms with E-state index in [9.17, 15) is 4.79 Å². The van der Waals surface area contributed by atoms with E-state index < -0.39 is 0 Å². The van der Waals surface area contributed by atoms with E-state index in [-0.39, 0.29) is 5.91 Å². The summed E-state index contributed by atoms with van der Waals surface area (Å²) in [6.45, 7) is 11.9. The molecule has 3 aromatic rings. The van der Waals surface area contributed by atoms with Crippen LogP contribution < -0.4 is 9.47 Å². The van der Waals surface area contributed by atoms with Crippen molar-refractivity contribution < 1.29 is 14.3 Å². The molecule has 0 saturated carbocycles. The van der Waals surface area contributed by atoms with Gasteiger partial charge in [0.25, 0.3) is 5.91 Å². The fraction of sp³-hybridized carbons (Fsp3) is 0.290. The van der Waals surface area contributed by atoms with Gasteiger partial charge in [0, 0.05) is 6.54 Å². The van der Waals surface area contributed by atoms with Crippen molar-refractivity contribution in [2.24, 2.45) is 10.9 Å². The maximum atomic E-state index is 13.4. The highest BCUT2D eigenvalue weighted by molar-refractivity contribution is 8.18. The Morgan fingerprint density at radius 3 is 2.43 bits per heavy atom. The minimum atomic E-state index is -0.0257. The fourth-order valence-corrected chi connectivity index (χ4v) is 4.97. The SMILES string of the molecule is CCOc1cc(/C=C2/SC(=Nc3ccc(C)cc3)N(CC(C)C)C2=O)ccc1OCc1cccc(C)c1. The van der Waals surface area contributed by atoms with Gasteiger partial charge in [0.15, 0.2) is 16.7 Å². The molecule has 1 aliphatic heterocycles. The standard InChI is InChI=1S/C31H34N2O3S/c1-6-35-28-17-24(12-15-27(28)36-20-25-9-7-8-23(5)16-25)18-29-30(34)33(19-21(2)3)31(37-29)32-26-13-10-22(4)11-14-26/h7-18,21H,6,19-20H2,1-5H3/b29-18+,32-31?. The topological polar surface area (TPSA) is 51.1 Å². The monoisotopic (exact) mass is 514 g/mol. The molecule has 0 N–H and O–H groups in total. The van der Waals surface area contributed by atoms with E-state index in [0.717, 1.165) is 16.8 Å². The molecule has 0 aliphatic carbocycles. The van der Waals surface area contributed by atoms with Gasteiger partial charge in [-0.2, -0.15) is 0 Å². The molecule has 1 saturated heterocycles. The van der Waals surface area contributed by atoms with Crippen molar-refractivity contribution in [2.45, 2.75) is 41.2 Å². The Kier molecular flexibility index (Phi) is 8.72. The van der Waals surface area contributed by atoms with Crippen molar-refractivity contribution in [3.05, 3.63) is 93.9 Å². The summed E-state index contributed by atoms with van der Waals surface area (Å²) in [5, 5.41) is 0.706. The lowest BCUT2D eigenvalue weighted by Gasteiger charge is -2.17. The maximum absolute atomic E-state index is 13.4. The van der Waals surface area contributed by atoms with Gasteiger partial charge in [-0.15, -0.1) is 0 Å². The van der Waals surface area contributed by atoms with Gasteiger partial charge in [-0.25, -0.2) is 4.99 Å². The van der Waals surface area contributed by atoms with E-state index in [4.69, 9.17) is 14.5 Å². The lowest BCUT2D eigenvalue weighted by atomic mass is 10.1. The second kappa shape index (κ2) is 12.2. The molecule has 1 fully saturated rings. The van der Waals surface area contributed by atoms with Crippen molar-refractivity contribution in [3.63, 3.8) is 0 Å². The molecule has 0 spiro atoms. The molecule has 6 heteroatoms. The van der Waals surface area contributed by atoms with Crippen molar-refractivity contribution in [1.82, 2.24) is 4.90 Å². The smallest absolute Gasteiger partial charge is 0.266 e. The van der Waals surface area contributed by atoms with Crippen LogP contribution in [0.25, 0.3) is 6.08 Å². The Morgan fingerprint density at radius 2 is 1.73 bits per heavy atom. The number of hydrogen-bond acceptors (Lipinski definition) is 5. The number of nitrogens with zero attached hydrogens (tertiary/aromatic N) is 2. The summed E-state index contributed by atoms with van der Waals surface area (Å²) in [6.07, 6.45) is 1.91. The highest BCUT2D eigenvalue weighted by Gasteiger charge is 2.33. The van der Waals surface area contributed by atoms with Crippen LogP contribution in [0.4, 0.5) is 5.69 Å². The number of ether oxygens (including phenoxy) is 2. The Bertz CT molecular complexity index is 1310. The average molecular weight is 515 g/mol. The molecule has 1 heterocycles. The zero-order valence-corrected chi connectivity index (χ0v) is 23.0. The third-order valence-corrected chi connectivity index (χ3v) is 6.74. The van der Waals surface area contributed by atoms with E-state index in [2.05, 4.69) is 32.9 Å². The van der Waals surface area contributed by atoms with Crippen LogP contribution >= 0.6 is 11.8 Å². The van der Waals surface area contributed by atoms with Crippen LogP contribution in [0.3, 0.4) is 0 Å². The van der Waals surface area contributed by atoms with Crippen LogP contribution in [0.2, 0.25) is 0 Å². The molecule has 4 rings (SSSR count). The molecule has 3 aromatic carbocycles. The second-order valence-corrected chi connectivity index (χ2v) is 10.6. The number of hydrogen-bond donors (Lipinski definition) is 0. The maximum Gasteiger partial charge on any atom is 0.266 e. The summed E-state index contributed by atoms with van der Waals surface area (Å²) < 4.78 is 12.0. The lowest BCUT2D eigenvalue weighted by Crippen LogP contribution is -2.32. The Hall–Kier alpha value is -3.51. The van der Waals surface area contributed by atoms with Crippen molar-refractivity contribution >= 4 is 34.6 Å². The number of rotatable bonds is 9. The molecule has 0 aromatic heterocycles. The van der Waals surface area contributed by atoms with Crippen LogP contribution in [-0.2, 0) is 11.4 Å². The van der Waals surface area contributed by atoms with Crippen LogP contribution in [0.15, 0.2) is 76.6 Å². The van der Waals surface area contributed by atoms with E-state index in [1.165, 1.54) is 22.9 Å². The quantitative estimate of drug-likeness (QED) is 0.277. The molecule has 0 unspecified atom stereocenters. The molecular weight excluding hydrogens is 480 g/mol. The number of carbonyl (C=O) groups excluding carboxylic acids is 1. The zero-order chi connectivity index (χ0) is 26.4. The Morgan fingerprint density at radius 1 is 0.946 bits per heavy atom. The molecule has 5 nitrogen and oxygen atoms in total. The number of amidine groups is 1. The number of thioether (sulfide) groups is 1. The highest BCUT2D eigenvalue weighted by Crippen LogP contribution is 2.36. The Balaban J connectivity index is 1.59. The first-order valence-electron chi connectivity index (χ1n) is 12.6. The predicted octanol–water partition coefficient (Wildman–Crippen LogP) is 7.54. The summed E-state index contributed by atoms with van der Waals surface area (Å²) in [6, 6.07) is 22.1. The third-order valence-electron chi connectivity index (χ3n) is 5.74. The minimum Gasteiger partial charge on any atom is -0.490 e. The van der Waals surface area contributed by atoms with Gasteiger partial charge in [-0.3, -0.25) is 9.69 Å². The van der Waals surface area contributed by atoms with Crippen molar-refractivity contribution in [2.75, 3.05) is 13.2 Å². The Labute approximate surface area is 224 Å². The van der Waals surface area contributed by atoms with Crippen molar-refractivity contribution in [3.8, 4) is 11.5 Å². The molecule has 0 atom stereocenters. The van der Waals surface area contributed by atoms with Gasteiger partial charge in [0.1, 0.15) is 6.61 Å². The zero-order valence-electron chi connectivity index (χ0n) is 22.2. The molecule has 192 valence electrons. The fourth-order valence-electron chi connectivity index (χ4n) is 3.96. The summed E-state index contributed by atoms with van der Waals surface area (Å²) in [5.74, 6) is 1.63. The molecular formula is C31H34N2O3S. The summed E-state index contributed by atoms with van der Waals surface area (Å²) in [7, 11) is 0. The highest BCUT2D eigenvalue weighted by atomic mass is 32.2. The average Bonchev–Trinajstić information content (AvgIpc) is 3.13. The molecule has 37 heavy (non-hydrogen) atoms. The molecule has 1 amide bonds. The largest absolute Gasteiger partial charge is 0.490 e. The van der Waals surface area contributed by atoms with Gasteiger partial charge >= 0.3 is 0 Å². The second-order valence-electron chi connectivity index (χ2n) is 9.57. The van der Waals surface area contributed by atoms with E-state index in [1.54, 1.807) is 4.90 Å². The lowest BCUT2D eigenvalue weighted by molar-refractivity contribution is -0.122. The van der Waals surface area contributed by atoms with Gasteiger partial charge in [0.05, 0.1) is 17.2 Å². The number of carbonyl (C=O) groups is 1. The molecule has 0 bridgehead atoms. The summed E-state index contributed by atoms with van der Waals surface area (Å²) in [4.78, 5) is 20.6. The van der Waals surface area contributed by atoms with E-state index in [1.807, 2.05) is 74.5 Å². The van der Waals surface area contributed by atoms with E-state index in [0.29, 0.717) is 47.2 Å². The minimum absolute atomic E-state index is 0.0257. The number of benzene rings is 3. The van der Waals surface area contributed by atoms with Gasteiger partial charge in [0.2, 0.25) is 0 Å². The molecule has 1 aliphatic rings. The van der Waals surface area contributed by atoms with Crippen LogP contribution in [0.5, 0.6) is 11.5 Å². The number of aliphatic imine (C=N–C) groups is 1. The summed E-state index contributed by atoms with van der Waals surface area (Å²) in [5.41, 5.74) is 5.19. The number of aryl methyl sites for hydroxylation is 2. The number of amides is 1. The normalized spacial score (nSPS) is 15.7. The van der Waals surface area contributed by atoms with Gasteiger partial charge in [-0.1, -0.05) is 67.4 Å². The van der Waals surface area contributed by atoms with E-state index >= 15 is 0 Å². The summed E-state index contributed by atoms with van der Waals surface area (Å²) >= 11 is 1.41. The first-order valence-corrected chi connectivity index (χ1v) is 13.5. The van der Waals surface area contributed by atoms with Gasteiger partial charge in [-0.05, 0) is 79.9 Å². The first kappa shape index (κ1) is 26.6. The van der Waals surface area contributed by atoms with Crippen molar-refractivity contribution in [1.29, 1.82) is 0 Å².